The van der Waals surface area contributed by atoms with Crippen LogP contribution >= 0.6 is 0 Å². The third kappa shape index (κ3) is 3.85. The van der Waals surface area contributed by atoms with Crippen LogP contribution in [0.3, 0.4) is 0 Å². The third-order valence-corrected chi connectivity index (χ3v) is 4.87. The normalized spacial score (nSPS) is 16.7. The predicted molar refractivity (Wildman–Crippen MR) is 98.0 cm³/mol. The van der Waals surface area contributed by atoms with Crippen molar-refractivity contribution in [2.45, 2.75) is 26.8 Å². The maximum absolute atomic E-state index is 12.5. The lowest BCUT2D eigenvalue weighted by Gasteiger charge is -2.34. The van der Waals surface area contributed by atoms with Crippen LogP contribution in [0.15, 0.2) is 28.8 Å². The van der Waals surface area contributed by atoms with Crippen molar-refractivity contribution in [3.8, 4) is 0 Å². The number of anilines is 1. The Kier molecular flexibility index (Phi) is 5.08. The fourth-order valence-electron chi connectivity index (χ4n) is 3.20. The first-order valence-corrected chi connectivity index (χ1v) is 8.73. The van der Waals surface area contributed by atoms with Crippen molar-refractivity contribution in [3.05, 3.63) is 46.8 Å². The van der Waals surface area contributed by atoms with Gasteiger partial charge in [0.15, 0.2) is 0 Å². The molecule has 0 bridgehead atoms. The standard InChI is InChI=1S/C19H26N4O2/c1-13(20-19(24)18-14(2)21-25-15(18)3)16-5-7-17(8-6-16)23-11-9-22(4)10-12-23/h5-8,13H,9-12H2,1-4H3,(H,20,24). The Balaban J connectivity index is 1.64. The van der Waals surface area contributed by atoms with Crippen molar-refractivity contribution >= 4 is 11.6 Å². The summed E-state index contributed by atoms with van der Waals surface area (Å²) in [7, 11) is 2.16. The summed E-state index contributed by atoms with van der Waals surface area (Å²) in [5.74, 6) is 0.402. The van der Waals surface area contributed by atoms with E-state index in [1.54, 1.807) is 13.8 Å². The Labute approximate surface area is 148 Å². The molecule has 1 aromatic heterocycles. The Morgan fingerprint density at radius 3 is 2.36 bits per heavy atom. The number of amides is 1. The SMILES string of the molecule is Cc1noc(C)c1C(=O)NC(C)c1ccc(N2CCN(C)CC2)cc1. The van der Waals surface area contributed by atoms with Crippen molar-refractivity contribution in [3.63, 3.8) is 0 Å². The van der Waals surface area contributed by atoms with Crippen molar-refractivity contribution in [1.29, 1.82) is 0 Å². The molecule has 1 fully saturated rings. The van der Waals surface area contributed by atoms with Crippen LogP contribution in [0.5, 0.6) is 0 Å². The maximum atomic E-state index is 12.5. The molecule has 0 saturated carbocycles. The molecular weight excluding hydrogens is 316 g/mol. The molecule has 1 aliphatic heterocycles. The molecule has 6 nitrogen and oxygen atoms in total. The highest BCUT2D eigenvalue weighted by molar-refractivity contribution is 5.96. The first-order chi connectivity index (χ1) is 12.0. The number of carbonyl (C=O) groups is 1. The first kappa shape index (κ1) is 17.5. The highest BCUT2D eigenvalue weighted by Gasteiger charge is 2.20. The highest BCUT2D eigenvalue weighted by atomic mass is 16.5. The summed E-state index contributed by atoms with van der Waals surface area (Å²) in [6, 6.07) is 8.37. The molecule has 1 unspecified atom stereocenters. The van der Waals surface area contributed by atoms with Crippen molar-refractivity contribution in [2.75, 3.05) is 38.1 Å². The Hall–Kier alpha value is -2.34. The number of nitrogens with one attached hydrogen (secondary N) is 1. The molecule has 1 aliphatic rings. The first-order valence-electron chi connectivity index (χ1n) is 8.73. The van der Waals surface area contributed by atoms with E-state index >= 15 is 0 Å². The minimum atomic E-state index is -0.146. The number of hydrogen-bond acceptors (Lipinski definition) is 5. The molecule has 1 aromatic carbocycles. The number of hydrogen-bond donors (Lipinski definition) is 1. The van der Waals surface area contributed by atoms with Gasteiger partial charge in [-0.05, 0) is 45.5 Å². The van der Waals surface area contributed by atoms with E-state index in [4.69, 9.17) is 4.52 Å². The second kappa shape index (κ2) is 7.27. The van der Waals surface area contributed by atoms with E-state index < -0.39 is 0 Å². The van der Waals surface area contributed by atoms with Crippen LogP contribution in [0, 0.1) is 13.8 Å². The highest BCUT2D eigenvalue weighted by Crippen LogP contribution is 2.21. The van der Waals surface area contributed by atoms with E-state index in [1.165, 1.54) is 5.69 Å². The molecular formula is C19H26N4O2. The molecule has 0 radical (unpaired) electrons. The zero-order chi connectivity index (χ0) is 18.0. The summed E-state index contributed by atoms with van der Waals surface area (Å²) in [6.07, 6.45) is 0. The Bertz CT molecular complexity index is 711. The van der Waals surface area contributed by atoms with E-state index in [9.17, 15) is 4.79 Å². The summed E-state index contributed by atoms with van der Waals surface area (Å²) >= 11 is 0. The van der Waals surface area contributed by atoms with E-state index in [-0.39, 0.29) is 11.9 Å². The third-order valence-electron chi connectivity index (χ3n) is 4.87. The van der Waals surface area contributed by atoms with Gasteiger partial charge >= 0.3 is 0 Å². The zero-order valence-corrected chi connectivity index (χ0v) is 15.4. The number of carbonyl (C=O) groups excluding carboxylic acids is 1. The van der Waals surface area contributed by atoms with Crippen LogP contribution in [-0.2, 0) is 0 Å². The lowest BCUT2D eigenvalue weighted by atomic mass is 10.1. The van der Waals surface area contributed by atoms with Gasteiger partial charge in [-0.25, -0.2) is 0 Å². The molecule has 0 spiro atoms. The van der Waals surface area contributed by atoms with Crippen LogP contribution in [0.25, 0.3) is 0 Å². The minimum Gasteiger partial charge on any atom is -0.369 e. The Morgan fingerprint density at radius 2 is 1.80 bits per heavy atom. The molecule has 1 N–H and O–H groups in total. The average Bonchev–Trinajstić information content (AvgIpc) is 2.94. The quantitative estimate of drug-likeness (QED) is 0.925. The number of aryl methyl sites for hydroxylation is 2. The van der Waals surface area contributed by atoms with Crippen molar-refractivity contribution in [2.24, 2.45) is 0 Å². The summed E-state index contributed by atoms with van der Waals surface area (Å²) in [5.41, 5.74) is 3.47. The lowest BCUT2D eigenvalue weighted by Crippen LogP contribution is -2.44. The van der Waals surface area contributed by atoms with Crippen LogP contribution in [-0.4, -0.2) is 49.2 Å². The van der Waals surface area contributed by atoms with Gasteiger partial charge in [0.2, 0.25) is 0 Å². The number of piperazine rings is 1. The summed E-state index contributed by atoms with van der Waals surface area (Å²) < 4.78 is 5.07. The van der Waals surface area contributed by atoms with Gasteiger partial charge in [0, 0.05) is 31.9 Å². The van der Waals surface area contributed by atoms with Crippen molar-refractivity contribution in [1.82, 2.24) is 15.4 Å². The van der Waals surface area contributed by atoms with E-state index in [2.05, 4.69) is 51.6 Å². The molecule has 1 amide bonds. The van der Waals surface area contributed by atoms with E-state index in [0.29, 0.717) is 17.0 Å². The van der Waals surface area contributed by atoms with Crippen LogP contribution in [0.2, 0.25) is 0 Å². The maximum Gasteiger partial charge on any atom is 0.257 e. The summed E-state index contributed by atoms with van der Waals surface area (Å²) in [5, 5.41) is 6.87. The summed E-state index contributed by atoms with van der Waals surface area (Å²) in [4.78, 5) is 17.2. The number of nitrogens with zero attached hydrogens (tertiary/aromatic N) is 3. The van der Waals surface area contributed by atoms with E-state index in [0.717, 1.165) is 31.7 Å². The number of rotatable bonds is 4. The molecule has 2 aromatic rings. The van der Waals surface area contributed by atoms with E-state index in [1.807, 2.05) is 6.92 Å². The lowest BCUT2D eigenvalue weighted by molar-refractivity contribution is 0.0938. The van der Waals surface area contributed by atoms with Gasteiger partial charge < -0.3 is 19.6 Å². The number of benzene rings is 1. The fraction of sp³-hybridized carbons (Fsp3) is 0.474. The largest absolute Gasteiger partial charge is 0.369 e. The van der Waals surface area contributed by atoms with Gasteiger partial charge in [0.1, 0.15) is 11.3 Å². The number of likely N-dealkylation sites (N-methyl/N-ethyl adjacent to an activating group) is 1. The smallest absolute Gasteiger partial charge is 0.257 e. The average molecular weight is 342 g/mol. The van der Waals surface area contributed by atoms with Gasteiger partial charge in [0.25, 0.3) is 5.91 Å². The molecule has 2 heterocycles. The molecule has 3 rings (SSSR count). The predicted octanol–water partition coefficient (Wildman–Crippen LogP) is 2.53. The van der Waals surface area contributed by atoms with Crippen LogP contribution in [0.4, 0.5) is 5.69 Å². The molecule has 0 aliphatic carbocycles. The van der Waals surface area contributed by atoms with Crippen LogP contribution < -0.4 is 10.2 Å². The zero-order valence-electron chi connectivity index (χ0n) is 15.4. The minimum absolute atomic E-state index is 0.0808. The molecule has 25 heavy (non-hydrogen) atoms. The second-order valence-electron chi connectivity index (χ2n) is 6.78. The number of aromatic nitrogens is 1. The molecule has 134 valence electrons. The van der Waals surface area contributed by atoms with Gasteiger partial charge in [-0.15, -0.1) is 0 Å². The van der Waals surface area contributed by atoms with Gasteiger partial charge in [0.05, 0.1) is 11.7 Å². The fourth-order valence-corrected chi connectivity index (χ4v) is 3.20. The van der Waals surface area contributed by atoms with Crippen molar-refractivity contribution < 1.29 is 9.32 Å². The molecule has 6 heteroatoms. The van der Waals surface area contributed by atoms with Gasteiger partial charge in [-0.1, -0.05) is 17.3 Å². The molecule has 1 atom stereocenters. The van der Waals surface area contributed by atoms with Gasteiger partial charge in [-0.2, -0.15) is 0 Å². The monoisotopic (exact) mass is 342 g/mol. The summed E-state index contributed by atoms with van der Waals surface area (Å²) in [6.45, 7) is 9.80. The molecule has 1 saturated heterocycles. The topological polar surface area (TPSA) is 61.6 Å². The van der Waals surface area contributed by atoms with Gasteiger partial charge in [-0.3, -0.25) is 4.79 Å². The second-order valence-corrected chi connectivity index (χ2v) is 6.78. The van der Waals surface area contributed by atoms with Crippen LogP contribution in [0.1, 0.15) is 40.3 Å². The Morgan fingerprint density at radius 1 is 1.16 bits per heavy atom.